The summed E-state index contributed by atoms with van der Waals surface area (Å²) >= 11 is 0. The number of hydrogen-bond donors (Lipinski definition) is 2. The van der Waals surface area contributed by atoms with Gasteiger partial charge in [-0.25, -0.2) is 4.79 Å². The van der Waals surface area contributed by atoms with E-state index in [0.29, 0.717) is 12.1 Å². The minimum Gasteiger partial charge on any atom is -0.497 e. The second-order valence-electron chi connectivity index (χ2n) is 7.25. The van der Waals surface area contributed by atoms with Crippen LogP contribution in [0, 0.1) is 0 Å². The van der Waals surface area contributed by atoms with Crippen molar-refractivity contribution in [3.63, 3.8) is 0 Å². The Balaban J connectivity index is 1.34. The van der Waals surface area contributed by atoms with Gasteiger partial charge < -0.3 is 19.8 Å². The van der Waals surface area contributed by atoms with E-state index in [-0.39, 0.29) is 12.5 Å². The Morgan fingerprint density at radius 1 is 1.10 bits per heavy atom. The molecule has 150 valence electrons. The van der Waals surface area contributed by atoms with Gasteiger partial charge in [-0.1, -0.05) is 12.1 Å². The van der Waals surface area contributed by atoms with Crippen molar-refractivity contribution in [2.24, 2.45) is 0 Å². The molecular formula is C23H24N2O4. The molecule has 0 fully saturated rings. The average molecular weight is 392 g/mol. The predicted octanol–water partition coefficient (Wildman–Crippen LogP) is 3.53. The van der Waals surface area contributed by atoms with Gasteiger partial charge in [-0.3, -0.25) is 4.79 Å². The molecule has 0 unspecified atom stereocenters. The fourth-order valence-corrected chi connectivity index (χ4v) is 3.78. The summed E-state index contributed by atoms with van der Waals surface area (Å²) in [7, 11) is 1.60. The maximum Gasteiger partial charge on any atom is 0.338 e. The van der Waals surface area contributed by atoms with Crippen LogP contribution in [0.25, 0.3) is 10.9 Å². The van der Waals surface area contributed by atoms with Gasteiger partial charge in [0.15, 0.2) is 6.61 Å². The van der Waals surface area contributed by atoms with Gasteiger partial charge in [-0.15, -0.1) is 0 Å². The number of fused-ring (bicyclic) bond motifs is 3. The van der Waals surface area contributed by atoms with Gasteiger partial charge in [0.2, 0.25) is 0 Å². The lowest BCUT2D eigenvalue weighted by atomic mass is 9.95. The summed E-state index contributed by atoms with van der Waals surface area (Å²) in [4.78, 5) is 27.9. The number of amides is 1. The molecule has 4 rings (SSSR count). The zero-order valence-electron chi connectivity index (χ0n) is 16.4. The molecule has 0 spiro atoms. The van der Waals surface area contributed by atoms with Crippen LogP contribution in [-0.2, 0) is 28.9 Å². The van der Waals surface area contributed by atoms with E-state index in [0.717, 1.165) is 35.1 Å². The van der Waals surface area contributed by atoms with E-state index in [2.05, 4.69) is 10.3 Å². The highest BCUT2D eigenvalue weighted by molar-refractivity contribution is 5.97. The van der Waals surface area contributed by atoms with E-state index in [9.17, 15) is 9.59 Å². The maximum atomic E-state index is 12.4. The first kappa shape index (κ1) is 19.1. The topological polar surface area (TPSA) is 80.4 Å². The van der Waals surface area contributed by atoms with Gasteiger partial charge in [0, 0.05) is 23.1 Å². The smallest absolute Gasteiger partial charge is 0.338 e. The van der Waals surface area contributed by atoms with Crippen LogP contribution in [-0.4, -0.2) is 30.6 Å². The lowest BCUT2D eigenvalue weighted by Crippen LogP contribution is -2.28. The first-order chi connectivity index (χ1) is 14.1. The highest BCUT2D eigenvalue weighted by Crippen LogP contribution is 2.29. The van der Waals surface area contributed by atoms with E-state index < -0.39 is 5.97 Å². The fourth-order valence-electron chi connectivity index (χ4n) is 3.78. The number of ether oxygens (including phenoxy) is 2. The van der Waals surface area contributed by atoms with Crippen LogP contribution in [0.1, 0.15) is 40.0 Å². The molecule has 6 nitrogen and oxygen atoms in total. The number of hydrogen-bond acceptors (Lipinski definition) is 4. The number of benzene rings is 2. The largest absolute Gasteiger partial charge is 0.497 e. The molecule has 1 aromatic heterocycles. The normalized spacial score (nSPS) is 13.0. The summed E-state index contributed by atoms with van der Waals surface area (Å²) in [5.74, 6) is -0.110. The molecule has 2 N–H and O–H groups in total. The SMILES string of the molecule is COc1cccc(CNC(=O)COC(=O)c2ccc3[nH]c4c(c3c2)CCCC4)c1. The van der Waals surface area contributed by atoms with Crippen LogP contribution in [0.4, 0.5) is 0 Å². The lowest BCUT2D eigenvalue weighted by molar-refractivity contribution is -0.124. The van der Waals surface area contributed by atoms with Crippen LogP contribution in [0.15, 0.2) is 42.5 Å². The first-order valence-electron chi connectivity index (χ1n) is 9.84. The quantitative estimate of drug-likeness (QED) is 0.629. The van der Waals surface area contributed by atoms with Crippen LogP contribution >= 0.6 is 0 Å². The molecule has 0 saturated carbocycles. The van der Waals surface area contributed by atoms with Crippen molar-refractivity contribution in [3.05, 3.63) is 64.8 Å². The van der Waals surface area contributed by atoms with Crippen molar-refractivity contribution in [2.75, 3.05) is 13.7 Å². The third-order valence-corrected chi connectivity index (χ3v) is 5.29. The van der Waals surface area contributed by atoms with E-state index in [1.54, 1.807) is 13.2 Å². The maximum absolute atomic E-state index is 12.4. The molecule has 2 aromatic carbocycles. The van der Waals surface area contributed by atoms with Crippen molar-refractivity contribution in [1.29, 1.82) is 0 Å². The second-order valence-corrected chi connectivity index (χ2v) is 7.25. The molecule has 3 aromatic rings. The minimum atomic E-state index is -0.491. The second kappa shape index (κ2) is 8.39. The van der Waals surface area contributed by atoms with Gasteiger partial charge >= 0.3 is 5.97 Å². The van der Waals surface area contributed by atoms with Crippen molar-refractivity contribution in [1.82, 2.24) is 10.3 Å². The summed E-state index contributed by atoms with van der Waals surface area (Å²) < 4.78 is 10.4. The number of carbonyl (C=O) groups is 2. The molecule has 0 bridgehead atoms. The molecule has 0 radical (unpaired) electrons. The molecule has 0 aliphatic heterocycles. The summed E-state index contributed by atoms with van der Waals surface area (Å²) in [6, 6.07) is 12.9. The van der Waals surface area contributed by atoms with Crippen LogP contribution in [0.5, 0.6) is 5.75 Å². The van der Waals surface area contributed by atoms with Crippen molar-refractivity contribution < 1.29 is 19.1 Å². The fraction of sp³-hybridized carbons (Fsp3) is 0.304. The summed E-state index contributed by atoms with van der Waals surface area (Å²) in [6.07, 6.45) is 4.44. The molecule has 1 aliphatic carbocycles. The summed E-state index contributed by atoms with van der Waals surface area (Å²) in [6.45, 7) is 0.0289. The Hall–Kier alpha value is -3.28. The molecule has 1 heterocycles. The van der Waals surface area contributed by atoms with E-state index in [1.165, 1.54) is 24.1 Å². The predicted molar refractivity (Wildman–Crippen MR) is 110 cm³/mol. The number of aryl methyl sites for hydroxylation is 2. The van der Waals surface area contributed by atoms with Crippen LogP contribution in [0.3, 0.4) is 0 Å². The monoisotopic (exact) mass is 392 g/mol. The molecule has 29 heavy (non-hydrogen) atoms. The first-order valence-corrected chi connectivity index (χ1v) is 9.84. The van der Waals surface area contributed by atoms with Crippen LogP contribution < -0.4 is 10.1 Å². The standard InChI is InChI=1S/C23H24N2O4/c1-28-17-6-4-5-15(11-17)13-24-22(26)14-29-23(27)16-9-10-21-19(12-16)18-7-2-3-8-20(18)25-21/h4-6,9-12,25H,2-3,7-8,13-14H2,1H3,(H,24,26). The zero-order chi connectivity index (χ0) is 20.2. The highest BCUT2D eigenvalue weighted by Gasteiger charge is 2.17. The Morgan fingerprint density at radius 2 is 1.97 bits per heavy atom. The third kappa shape index (κ3) is 4.26. The average Bonchev–Trinajstić information content (AvgIpc) is 3.14. The molecular weight excluding hydrogens is 368 g/mol. The van der Waals surface area contributed by atoms with E-state index in [1.807, 2.05) is 36.4 Å². The number of methoxy groups -OCH3 is 1. The lowest BCUT2D eigenvalue weighted by Gasteiger charge is -2.10. The van der Waals surface area contributed by atoms with Gasteiger partial charge in [0.25, 0.3) is 5.91 Å². The summed E-state index contributed by atoms with van der Waals surface area (Å²) in [5.41, 5.74) is 4.99. The molecule has 1 aliphatic rings. The van der Waals surface area contributed by atoms with E-state index >= 15 is 0 Å². The number of nitrogens with one attached hydrogen (secondary N) is 2. The highest BCUT2D eigenvalue weighted by atomic mass is 16.5. The molecule has 6 heteroatoms. The van der Waals surface area contributed by atoms with Crippen molar-refractivity contribution >= 4 is 22.8 Å². The Morgan fingerprint density at radius 3 is 2.83 bits per heavy atom. The number of rotatable bonds is 6. The molecule has 0 saturated heterocycles. The summed E-state index contributed by atoms with van der Waals surface area (Å²) in [5, 5.41) is 3.83. The van der Waals surface area contributed by atoms with Gasteiger partial charge in [0.1, 0.15) is 5.75 Å². The van der Waals surface area contributed by atoms with Crippen molar-refractivity contribution in [2.45, 2.75) is 32.2 Å². The minimum absolute atomic E-state index is 0.313. The van der Waals surface area contributed by atoms with Gasteiger partial charge in [-0.05, 0) is 67.1 Å². The Labute approximate surface area is 169 Å². The zero-order valence-corrected chi connectivity index (χ0v) is 16.4. The van der Waals surface area contributed by atoms with Crippen LogP contribution in [0.2, 0.25) is 0 Å². The Kier molecular flexibility index (Phi) is 5.51. The van der Waals surface area contributed by atoms with Gasteiger partial charge in [-0.2, -0.15) is 0 Å². The molecule has 0 atom stereocenters. The Bertz CT molecular complexity index is 1050. The number of carbonyl (C=O) groups excluding carboxylic acids is 2. The number of aromatic nitrogens is 1. The van der Waals surface area contributed by atoms with Gasteiger partial charge in [0.05, 0.1) is 12.7 Å². The third-order valence-electron chi connectivity index (χ3n) is 5.29. The van der Waals surface area contributed by atoms with Crippen molar-refractivity contribution in [3.8, 4) is 5.75 Å². The number of aromatic amines is 1. The number of H-pyrrole nitrogens is 1. The molecule has 1 amide bonds. The van der Waals surface area contributed by atoms with E-state index in [4.69, 9.17) is 9.47 Å². The number of esters is 1.